The Balaban J connectivity index is 1.45. The van der Waals surface area contributed by atoms with Crippen molar-refractivity contribution in [3.05, 3.63) is 77.8 Å². The standard InChI is InChI=1S/C22H15F5N4O2/c1-31-7-6-14-20(31)28-11-29-21(14)33-13-3-5-18(17(24)10-13)30-19(32)9-12-2-4-15(16(23)8-12)22(25,26)27/h2-8,10-11H,9H2,1H3,(H,30,32). The first-order valence-corrected chi connectivity index (χ1v) is 9.51. The number of nitrogens with one attached hydrogen (secondary N) is 1. The highest BCUT2D eigenvalue weighted by atomic mass is 19.4. The largest absolute Gasteiger partial charge is 0.438 e. The second-order valence-electron chi connectivity index (χ2n) is 7.12. The molecule has 2 heterocycles. The van der Waals surface area contributed by atoms with Crippen molar-refractivity contribution in [2.75, 3.05) is 5.32 Å². The van der Waals surface area contributed by atoms with Crippen LogP contribution in [0, 0.1) is 11.6 Å². The number of anilines is 1. The van der Waals surface area contributed by atoms with E-state index in [2.05, 4.69) is 15.3 Å². The second-order valence-corrected chi connectivity index (χ2v) is 7.12. The summed E-state index contributed by atoms with van der Waals surface area (Å²) in [5.41, 5.74) is -0.963. The SMILES string of the molecule is Cn1ccc2c(Oc3ccc(NC(=O)Cc4ccc(C(F)(F)F)c(F)c4)c(F)c3)ncnc21. The molecule has 0 saturated heterocycles. The van der Waals surface area contributed by atoms with Crippen LogP contribution in [-0.2, 0) is 24.4 Å². The Morgan fingerprint density at radius 3 is 2.55 bits per heavy atom. The zero-order chi connectivity index (χ0) is 23.8. The maximum absolute atomic E-state index is 14.5. The number of benzene rings is 2. The second kappa shape index (κ2) is 8.49. The average Bonchev–Trinajstić information content (AvgIpc) is 3.11. The highest BCUT2D eigenvalue weighted by Crippen LogP contribution is 2.32. The summed E-state index contributed by atoms with van der Waals surface area (Å²) in [6.07, 6.45) is -2.20. The van der Waals surface area contributed by atoms with Gasteiger partial charge in [-0.15, -0.1) is 0 Å². The molecular weight excluding hydrogens is 447 g/mol. The number of carbonyl (C=O) groups is 1. The number of fused-ring (bicyclic) bond motifs is 1. The van der Waals surface area contributed by atoms with Crippen molar-refractivity contribution < 1.29 is 31.5 Å². The van der Waals surface area contributed by atoms with Crippen LogP contribution in [-0.4, -0.2) is 20.4 Å². The normalized spacial score (nSPS) is 11.6. The van der Waals surface area contributed by atoms with Gasteiger partial charge >= 0.3 is 6.18 Å². The van der Waals surface area contributed by atoms with Crippen LogP contribution in [0.3, 0.4) is 0 Å². The predicted octanol–water partition coefficient (Wildman–Crippen LogP) is 5.24. The topological polar surface area (TPSA) is 69.0 Å². The van der Waals surface area contributed by atoms with E-state index in [4.69, 9.17) is 4.74 Å². The van der Waals surface area contributed by atoms with E-state index in [1.165, 1.54) is 18.5 Å². The van der Waals surface area contributed by atoms with E-state index in [1.54, 1.807) is 23.9 Å². The van der Waals surface area contributed by atoms with Gasteiger partial charge in [-0.05, 0) is 35.9 Å². The summed E-state index contributed by atoms with van der Waals surface area (Å²) < 4.78 is 73.5. The smallest absolute Gasteiger partial charge is 0.419 e. The summed E-state index contributed by atoms with van der Waals surface area (Å²) in [6, 6.07) is 7.64. The van der Waals surface area contributed by atoms with Crippen molar-refractivity contribution in [3.8, 4) is 11.6 Å². The van der Waals surface area contributed by atoms with Crippen molar-refractivity contribution in [1.82, 2.24) is 14.5 Å². The van der Waals surface area contributed by atoms with Crippen LogP contribution in [0.2, 0.25) is 0 Å². The van der Waals surface area contributed by atoms with Crippen molar-refractivity contribution >= 4 is 22.6 Å². The summed E-state index contributed by atoms with van der Waals surface area (Å²) >= 11 is 0. The van der Waals surface area contributed by atoms with Gasteiger partial charge in [0.05, 0.1) is 23.1 Å². The fraction of sp³-hybridized carbons (Fsp3) is 0.136. The molecule has 0 bridgehead atoms. The molecule has 0 aliphatic carbocycles. The van der Waals surface area contributed by atoms with Gasteiger partial charge in [-0.1, -0.05) is 6.07 Å². The monoisotopic (exact) mass is 462 g/mol. The van der Waals surface area contributed by atoms with Gasteiger partial charge in [0.15, 0.2) is 0 Å². The third-order valence-electron chi connectivity index (χ3n) is 4.76. The molecule has 0 aliphatic rings. The fourth-order valence-electron chi connectivity index (χ4n) is 3.19. The van der Waals surface area contributed by atoms with Crippen LogP contribution >= 0.6 is 0 Å². The van der Waals surface area contributed by atoms with Crippen molar-refractivity contribution in [2.24, 2.45) is 7.05 Å². The third-order valence-corrected chi connectivity index (χ3v) is 4.76. The Morgan fingerprint density at radius 1 is 1.06 bits per heavy atom. The molecule has 4 aromatic rings. The van der Waals surface area contributed by atoms with Crippen molar-refractivity contribution in [2.45, 2.75) is 12.6 Å². The Hall–Kier alpha value is -4.02. The molecule has 0 spiro atoms. The summed E-state index contributed by atoms with van der Waals surface area (Å²) in [6.45, 7) is 0. The molecule has 2 aromatic carbocycles. The first-order chi connectivity index (χ1) is 15.6. The van der Waals surface area contributed by atoms with Gasteiger partial charge in [-0.3, -0.25) is 4.79 Å². The zero-order valence-corrected chi connectivity index (χ0v) is 17.0. The molecule has 2 aromatic heterocycles. The Kier molecular flexibility index (Phi) is 5.71. The lowest BCUT2D eigenvalue weighted by Crippen LogP contribution is -2.16. The predicted molar refractivity (Wildman–Crippen MR) is 109 cm³/mol. The first kappa shape index (κ1) is 22.2. The molecule has 6 nitrogen and oxygen atoms in total. The summed E-state index contributed by atoms with van der Waals surface area (Å²) in [4.78, 5) is 20.4. The Bertz CT molecular complexity index is 1350. The van der Waals surface area contributed by atoms with E-state index in [9.17, 15) is 26.7 Å². The molecule has 170 valence electrons. The van der Waals surface area contributed by atoms with Gasteiger partial charge in [0.1, 0.15) is 29.4 Å². The molecule has 0 aliphatic heterocycles. The number of hydrogen-bond donors (Lipinski definition) is 1. The highest BCUT2D eigenvalue weighted by Gasteiger charge is 2.34. The van der Waals surface area contributed by atoms with Crippen LogP contribution in [0.5, 0.6) is 11.6 Å². The lowest BCUT2D eigenvalue weighted by atomic mass is 10.1. The van der Waals surface area contributed by atoms with Crippen molar-refractivity contribution in [1.29, 1.82) is 0 Å². The molecule has 1 amide bonds. The number of aromatic nitrogens is 3. The summed E-state index contributed by atoms with van der Waals surface area (Å²) in [5.74, 6) is -2.68. The molecule has 0 fully saturated rings. The number of halogens is 5. The minimum Gasteiger partial charge on any atom is -0.438 e. The molecule has 0 atom stereocenters. The molecule has 1 N–H and O–H groups in total. The van der Waals surface area contributed by atoms with E-state index in [0.29, 0.717) is 23.2 Å². The number of carbonyl (C=O) groups excluding carboxylic acids is 1. The number of amides is 1. The first-order valence-electron chi connectivity index (χ1n) is 9.51. The van der Waals surface area contributed by atoms with E-state index >= 15 is 0 Å². The van der Waals surface area contributed by atoms with Crippen LogP contribution in [0.1, 0.15) is 11.1 Å². The number of alkyl halides is 3. The number of hydrogen-bond acceptors (Lipinski definition) is 4. The highest BCUT2D eigenvalue weighted by molar-refractivity contribution is 5.92. The molecule has 33 heavy (non-hydrogen) atoms. The van der Waals surface area contributed by atoms with Gasteiger partial charge in [0, 0.05) is 19.3 Å². The molecule has 4 rings (SSSR count). The fourth-order valence-corrected chi connectivity index (χ4v) is 3.19. The van der Waals surface area contributed by atoms with Gasteiger partial charge in [0.2, 0.25) is 11.8 Å². The molecule has 11 heteroatoms. The maximum atomic E-state index is 14.5. The van der Waals surface area contributed by atoms with Crippen molar-refractivity contribution in [3.63, 3.8) is 0 Å². The minimum atomic E-state index is -4.84. The van der Waals surface area contributed by atoms with Crippen LogP contribution in [0.25, 0.3) is 11.0 Å². The maximum Gasteiger partial charge on any atom is 0.419 e. The Morgan fingerprint density at radius 2 is 1.85 bits per heavy atom. The number of nitrogens with zero attached hydrogens (tertiary/aromatic N) is 3. The van der Waals surface area contributed by atoms with Gasteiger partial charge < -0.3 is 14.6 Å². The quantitative estimate of drug-likeness (QED) is 0.412. The van der Waals surface area contributed by atoms with E-state index < -0.39 is 35.7 Å². The zero-order valence-electron chi connectivity index (χ0n) is 17.0. The molecular formula is C22H15F5N4O2. The van der Waals surface area contributed by atoms with E-state index in [1.807, 2.05) is 0 Å². The minimum absolute atomic E-state index is 0.00833. The Labute approximate surface area is 183 Å². The lowest BCUT2D eigenvalue weighted by Gasteiger charge is -2.11. The van der Waals surface area contributed by atoms with Gasteiger partial charge in [-0.2, -0.15) is 13.2 Å². The number of aryl methyl sites for hydroxylation is 1. The van der Waals surface area contributed by atoms with Gasteiger partial charge in [-0.25, -0.2) is 18.7 Å². The number of rotatable bonds is 5. The summed E-state index contributed by atoms with van der Waals surface area (Å²) in [5, 5.41) is 2.93. The van der Waals surface area contributed by atoms with Crippen LogP contribution in [0.4, 0.5) is 27.6 Å². The third kappa shape index (κ3) is 4.76. The molecule has 0 saturated carbocycles. The average molecular weight is 462 g/mol. The summed E-state index contributed by atoms with van der Waals surface area (Å²) in [7, 11) is 1.80. The van der Waals surface area contributed by atoms with Gasteiger partial charge in [0.25, 0.3) is 0 Å². The van der Waals surface area contributed by atoms with Crippen LogP contribution in [0.15, 0.2) is 55.0 Å². The van der Waals surface area contributed by atoms with E-state index in [0.717, 1.165) is 12.1 Å². The molecule has 0 unspecified atom stereocenters. The number of ether oxygens (including phenoxy) is 1. The lowest BCUT2D eigenvalue weighted by molar-refractivity contribution is -0.140. The van der Waals surface area contributed by atoms with Crippen LogP contribution < -0.4 is 10.1 Å². The van der Waals surface area contributed by atoms with E-state index in [-0.39, 0.29) is 22.9 Å². The molecule has 0 radical (unpaired) electrons.